The van der Waals surface area contributed by atoms with Crippen molar-refractivity contribution in [2.24, 2.45) is 5.92 Å². The molecule has 2 aromatic heterocycles. The number of nitrogens with zero attached hydrogens (tertiary/aromatic N) is 4. The van der Waals surface area contributed by atoms with Crippen molar-refractivity contribution in [2.45, 2.75) is 46.2 Å². The Balaban J connectivity index is 2.07. The number of imidazole rings is 1. The summed E-state index contributed by atoms with van der Waals surface area (Å²) in [4.78, 5) is 19.9. The van der Waals surface area contributed by atoms with Crippen molar-refractivity contribution in [3.05, 3.63) is 24.3 Å². The average molecular weight is 382 g/mol. The molecule has 0 unspecified atom stereocenters. The van der Waals surface area contributed by atoms with Gasteiger partial charge in [-0.25, -0.2) is 13.4 Å². The fourth-order valence-electron chi connectivity index (χ4n) is 2.98. The summed E-state index contributed by atoms with van der Waals surface area (Å²) in [7, 11) is -2.32. The minimum atomic E-state index is -3.66. The maximum Gasteiger partial charge on any atom is 0.322 e. The second kappa shape index (κ2) is 8.13. The van der Waals surface area contributed by atoms with Gasteiger partial charge in [0.1, 0.15) is 17.4 Å². The van der Waals surface area contributed by atoms with Crippen LogP contribution in [0.1, 0.15) is 32.5 Å². The van der Waals surface area contributed by atoms with Crippen molar-refractivity contribution in [1.82, 2.24) is 18.8 Å². The van der Waals surface area contributed by atoms with Crippen LogP contribution in [-0.2, 0) is 21.4 Å². The summed E-state index contributed by atoms with van der Waals surface area (Å²) >= 11 is 0. The van der Waals surface area contributed by atoms with Crippen LogP contribution >= 0.6 is 0 Å². The molecule has 0 saturated heterocycles. The number of sulfonamides is 1. The molecular weight excluding hydrogens is 356 g/mol. The van der Waals surface area contributed by atoms with E-state index in [0.717, 1.165) is 21.2 Å². The SMILES string of the molecule is Cc1nc2cnccc2n1CCCS(=O)(=O)N(C)[C@@H](CC(C)C)C(=O)O. The molecule has 9 heteroatoms. The normalized spacial score (nSPS) is 13.6. The van der Waals surface area contributed by atoms with Gasteiger partial charge in [0.15, 0.2) is 0 Å². The number of hydrogen-bond donors (Lipinski definition) is 1. The Kier molecular flexibility index (Phi) is 6.35. The fourth-order valence-corrected chi connectivity index (χ4v) is 4.32. The largest absolute Gasteiger partial charge is 0.480 e. The maximum atomic E-state index is 12.6. The van der Waals surface area contributed by atoms with Gasteiger partial charge < -0.3 is 9.67 Å². The number of pyridine rings is 1. The van der Waals surface area contributed by atoms with Gasteiger partial charge in [-0.15, -0.1) is 0 Å². The van der Waals surface area contributed by atoms with Gasteiger partial charge in [0.2, 0.25) is 10.0 Å². The third-order valence-electron chi connectivity index (χ3n) is 4.38. The van der Waals surface area contributed by atoms with Crippen molar-refractivity contribution in [3.8, 4) is 0 Å². The molecule has 0 fully saturated rings. The Labute approximate surface area is 153 Å². The van der Waals surface area contributed by atoms with Crippen LogP contribution in [0.5, 0.6) is 0 Å². The van der Waals surface area contributed by atoms with Gasteiger partial charge in [0.25, 0.3) is 0 Å². The van der Waals surface area contributed by atoms with Crippen LogP contribution in [0.3, 0.4) is 0 Å². The Bertz CT molecular complexity index is 876. The lowest BCUT2D eigenvalue weighted by atomic mass is 10.0. The first-order valence-electron chi connectivity index (χ1n) is 8.59. The van der Waals surface area contributed by atoms with Gasteiger partial charge in [0.05, 0.1) is 17.5 Å². The number of rotatable bonds is 9. The first kappa shape index (κ1) is 20.3. The molecule has 0 amide bonds. The van der Waals surface area contributed by atoms with Gasteiger partial charge in [0, 0.05) is 19.8 Å². The number of fused-ring (bicyclic) bond motifs is 1. The monoisotopic (exact) mass is 382 g/mol. The van der Waals surface area contributed by atoms with Gasteiger partial charge in [-0.2, -0.15) is 4.31 Å². The zero-order chi connectivity index (χ0) is 19.5. The molecule has 0 radical (unpaired) electrons. The molecule has 8 nitrogen and oxygen atoms in total. The summed E-state index contributed by atoms with van der Waals surface area (Å²) in [5.74, 6) is -0.353. The third kappa shape index (κ3) is 4.59. The van der Waals surface area contributed by atoms with Crippen molar-refractivity contribution in [3.63, 3.8) is 0 Å². The minimum absolute atomic E-state index is 0.0855. The summed E-state index contributed by atoms with van der Waals surface area (Å²) in [5.41, 5.74) is 1.68. The van der Waals surface area contributed by atoms with E-state index in [4.69, 9.17) is 0 Å². The first-order chi connectivity index (χ1) is 12.1. The number of likely N-dealkylation sites (N-methyl/N-ethyl adjacent to an activating group) is 1. The molecule has 26 heavy (non-hydrogen) atoms. The summed E-state index contributed by atoms with van der Waals surface area (Å²) in [5, 5.41) is 9.36. The minimum Gasteiger partial charge on any atom is -0.480 e. The number of carbonyl (C=O) groups is 1. The zero-order valence-corrected chi connectivity index (χ0v) is 16.4. The van der Waals surface area contributed by atoms with Crippen LogP contribution in [0.4, 0.5) is 0 Å². The van der Waals surface area contributed by atoms with E-state index < -0.39 is 22.0 Å². The fraction of sp³-hybridized carbons (Fsp3) is 0.588. The number of carboxylic acids is 1. The van der Waals surface area contributed by atoms with Crippen LogP contribution in [0.15, 0.2) is 18.5 Å². The maximum absolute atomic E-state index is 12.6. The van der Waals surface area contributed by atoms with Gasteiger partial charge >= 0.3 is 5.97 Å². The van der Waals surface area contributed by atoms with Crippen molar-refractivity contribution >= 4 is 27.0 Å². The molecule has 0 spiro atoms. The molecule has 0 aromatic carbocycles. The molecule has 0 saturated carbocycles. The predicted octanol–water partition coefficient (Wildman–Crippen LogP) is 1.89. The molecule has 0 aliphatic carbocycles. The van der Waals surface area contributed by atoms with E-state index in [1.54, 1.807) is 12.4 Å². The molecule has 0 aliphatic rings. The highest BCUT2D eigenvalue weighted by molar-refractivity contribution is 7.89. The zero-order valence-electron chi connectivity index (χ0n) is 15.6. The third-order valence-corrected chi connectivity index (χ3v) is 6.32. The Hall–Kier alpha value is -2.00. The van der Waals surface area contributed by atoms with E-state index in [9.17, 15) is 18.3 Å². The molecule has 144 valence electrons. The summed E-state index contributed by atoms with van der Waals surface area (Å²) in [6, 6.07) is 0.806. The lowest BCUT2D eigenvalue weighted by Crippen LogP contribution is -2.44. The molecular formula is C17H26N4O4S. The Morgan fingerprint density at radius 1 is 1.38 bits per heavy atom. The number of aromatic nitrogens is 3. The van der Waals surface area contributed by atoms with Crippen molar-refractivity contribution < 1.29 is 18.3 Å². The number of carboxylic acid groups (broad SMARTS) is 1. The molecule has 2 aromatic rings. The van der Waals surface area contributed by atoms with Gasteiger partial charge in [-0.3, -0.25) is 9.78 Å². The Morgan fingerprint density at radius 2 is 2.08 bits per heavy atom. The quantitative estimate of drug-likeness (QED) is 0.710. The predicted molar refractivity (Wildman–Crippen MR) is 99.3 cm³/mol. The molecule has 0 bridgehead atoms. The number of aryl methyl sites for hydroxylation is 2. The van der Waals surface area contributed by atoms with Crippen LogP contribution in [0.25, 0.3) is 11.0 Å². The van der Waals surface area contributed by atoms with Crippen molar-refractivity contribution in [1.29, 1.82) is 0 Å². The second-order valence-corrected chi connectivity index (χ2v) is 8.99. The Morgan fingerprint density at radius 3 is 2.69 bits per heavy atom. The van der Waals surface area contributed by atoms with Gasteiger partial charge in [-0.05, 0) is 31.7 Å². The lowest BCUT2D eigenvalue weighted by Gasteiger charge is -2.25. The standard InChI is InChI=1S/C17H26N4O4S/c1-12(2)10-16(17(22)23)20(4)26(24,25)9-5-8-21-13(3)19-14-11-18-7-6-15(14)21/h6-7,11-12,16H,5,8-10H2,1-4H3,(H,22,23)/t16-/m0/s1. The average Bonchev–Trinajstić information content (AvgIpc) is 2.87. The summed E-state index contributed by atoms with van der Waals surface area (Å²) < 4.78 is 28.1. The van der Waals surface area contributed by atoms with Gasteiger partial charge in [-0.1, -0.05) is 13.8 Å². The van der Waals surface area contributed by atoms with E-state index in [1.165, 1.54) is 7.05 Å². The van der Waals surface area contributed by atoms with Crippen LogP contribution in [-0.4, -0.2) is 57.2 Å². The topological polar surface area (TPSA) is 105 Å². The smallest absolute Gasteiger partial charge is 0.322 e. The molecule has 2 rings (SSSR count). The summed E-state index contributed by atoms with van der Waals surface area (Å²) in [6.07, 6.45) is 4.00. The lowest BCUT2D eigenvalue weighted by molar-refractivity contribution is -0.141. The highest BCUT2D eigenvalue weighted by atomic mass is 32.2. The second-order valence-electron chi connectivity index (χ2n) is 6.84. The highest BCUT2D eigenvalue weighted by Gasteiger charge is 2.31. The molecule has 1 N–H and O–H groups in total. The van der Waals surface area contributed by atoms with E-state index in [0.29, 0.717) is 13.0 Å². The highest BCUT2D eigenvalue weighted by Crippen LogP contribution is 2.17. The number of hydrogen-bond acceptors (Lipinski definition) is 5. The molecule has 2 heterocycles. The van der Waals surface area contributed by atoms with Crippen LogP contribution in [0.2, 0.25) is 0 Å². The number of aliphatic carboxylic acids is 1. The van der Waals surface area contributed by atoms with E-state index in [2.05, 4.69) is 9.97 Å². The van der Waals surface area contributed by atoms with Crippen LogP contribution < -0.4 is 0 Å². The molecule has 1 atom stereocenters. The molecule has 0 aliphatic heterocycles. The van der Waals surface area contributed by atoms with Crippen LogP contribution in [0, 0.1) is 12.8 Å². The first-order valence-corrected chi connectivity index (χ1v) is 10.2. The van der Waals surface area contributed by atoms with E-state index in [-0.39, 0.29) is 18.1 Å². The van der Waals surface area contributed by atoms with E-state index in [1.807, 2.05) is 31.4 Å². The summed E-state index contributed by atoms with van der Waals surface area (Å²) in [6.45, 7) is 6.10. The van der Waals surface area contributed by atoms with E-state index >= 15 is 0 Å². The van der Waals surface area contributed by atoms with Crippen molar-refractivity contribution in [2.75, 3.05) is 12.8 Å².